The maximum atomic E-state index is 11.1. The van der Waals surface area contributed by atoms with Gasteiger partial charge in [-0.15, -0.1) is 0 Å². The fourth-order valence-corrected chi connectivity index (χ4v) is 0. The molecule has 0 rings (SSSR count). The van der Waals surface area contributed by atoms with Crippen LogP contribution in [-0.2, 0) is 0 Å². The Labute approximate surface area is 54.3 Å². The molecular formula is C2Cl3F2. The monoisotopic (exact) mass is 167 g/mol. The number of rotatable bonds is 0. The molecule has 0 aromatic heterocycles. The highest BCUT2D eigenvalue weighted by Gasteiger charge is 2.34. The Morgan fingerprint density at radius 2 is 1.29 bits per heavy atom. The van der Waals surface area contributed by atoms with Crippen molar-refractivity contribution in [1.29, 1.82) is 0 Å². The van der Waals surface area contributed by atoms with Crippen LogP contribution in [0, 0.1) is 6.43 Å². The summed E-state index contributed by atoms with van der Waals surface area (Å²) in [6.07, 6.45) is -2.21. The Morgan fingerprint density at radius 3 is 1.29 bits per heavy atom. The van der Waals surface area contributed by atoms with Gasteiger partial charge >= 0.3 is 6.43 Å². The lowest BCUT2D eigenvalue weighted by atomic mass is 10.8. The van der Waals surface area contributed by atoms with Crippen LogP contribution < -0.4 is 0 Å². The molecule has 43 valence electrons. The molecule has 0 aliphatic carbocycles. The molecule has 0 N–H and O–H groups in total. The van der Waals surface area contributed by atoms with Gasteiger partial charge in [0.15, 0.2) is 0 Å². The number of halogens is 5. The number of hydrogen-bond donors (Lipinski definition) is 0. The maximum Gasteiger partial charge on any atom is 0.360 e. The second-order valence-electron chi connectivity index (χ2n) is 0.758. The van der Waals surface area contributed by atoms with E-state index in [4.69, 9.17) is 0 Å². The van der Waals surface area contributed by atoms with E-state index in [9.17, 15) is 8.78 Å². The van der Waals surface area contributed by atoms with Gasteiger partial charge in [0.1, 0.15) is 0 Å². The van der Waals surface area contributed by atoms with E-state index in [0.29, 0.717) is 0 Å². The zero-order valence-electron chi connectivity index (χ0n) is 2.89. The normalized spacial score (nSPS) is 12.9. The van der Waals surface area contributed by atoms with Crippen LogP contribution in [0.4, 0.5) is 8.78 Å². The van der Waals surface area contributed by atoms with Gasteiger partial charge in [-0.1, -0.05) is 34.8 Å². The lowest BCUT2D eigenvalue weighted by molar-refractivity contribution is 0.287. The van der Waals surface area contributed by atoms with Crippen LogP contribution in [-0.4, -0.2) is 3.79 Å². The van der Waals surface area contributed by atoms with E-state index in [-0.39, 0.29) is 0 Å². The number of alkyl halides is 3. The molecule has 0 heterocycles. The average molecular weight is 168 g/mol. The topological polar surface area (TPSA) is 0 Å². The predicted molar refractivity (Wildman–Crippen MR) is 25.7 cm³/mol. The molecule has 0 aliphatic rings. The first kappa shape index (κ1) is 7.73. The van der Waals surface area contributed by atoms with E-state index in [1.165, 1.54) is 0 Å². The summed E-state index contributed by atoms with van der Waals surface area (Å²) in [6, 6.07) is 0. The van der Waals surface area contributed by atoms with Crippen LogP contribution in [0.5, 0.6) is 0 Å². The molecule has 0 unspecified atom stereocenters. The van der Waals surface area contributed by atoms with Gasteiger partial charge in [-0.05, 0) is 0 Å². The molecule has 0 spiro atoms. The van der Waals surface area contributed by atoms with Crippen molar-refractivity contribution >= 4 is 34.8 Å². The lowest BCUT2D eigenvalue weighted by Crippen LogP contribution is -2.05. The molecule has 5 heteroatoms. The molecular weight excluding hydrogens is 168 g/mol. The molecule has 0 aromatic rings. The molecule has 0 bridgehead atoms. The molecule has 0 fully saturated rings. The molecule has 0 nitrogen and oxygen atoms in total. The third kappa shape index (κ3) is 3.32. The van der Waals surface area contributed by atoms with Gasteiger partial charge in [-0.25, -0.2) is 0 Å². The van der Waals surface area contributed by atoms with Crippen LogP contribution in [0.2, 0.25) is 0 Å². The zero-order chi connectivity index (χ0) is 6.08. The molecule has 7 heavy (non-hydrogen) atoms. The highest BCUT2D eigenvalue weighted by atomic mass is 35.6. The van der Waals surface area contributed by atoms with E-state index in [2.05, 4.69) is 34.8 Å². The first-order valence-corrected chi connectivity index (χ1v) is 2.33. The van der Waals surface area contributed by atoms with E-state index >= 15 is 0 Å². The van der Waals surface area contributed by atoms with Crippen LogP contribution >= 0.6 is 34.8 Å². The van der Waals surface area contributed by atoms with Crippen molar-refractivity contribution in [1.82, 2.24) is 0 Å². The Bertz CT molecular complexity index is 56.4. The van der Waals surface area contributed by atoms with Gasteiger partial charge in [0.2, 0.25) is 0 Å². The Morgan fingerprint density at radius 1 is 1.14 bits per heavy atom. The van der Waals surface area contributed by atoms with Gasteiger partial charge in [0.25, 0.3) is 3.79 Å². The summed E-state index contributed by atoms with van der Waals surface area (Å²) in [6.45, 7) is 0. The second kappa shape index (κ2) is 2.33. The minimum absolute atomic E-state index is 2.21. The van der Waals surface area contributed by atoms with Crippen molar-refractivity contribution < 1.29 is 8.78 Å². The van der Waals surface area contributed by atoms with Crippen molar-refractivity contribution in [2.45, 2.75) is 3.79 Å². The van der Waals surface area contributed by atoms with Crippen molar-refractivity contribution in [2.24, 2.45) is 0 Å². The minimum atomic E-state index is -2.50. The number of hydrogen-bond acceptors (Lipinski definition) is 0. The highest BCUT2D eigenvalue weighted by Crippen LogP contribution is 2.37. The quantitative estimate of drug-likeness (QED) is 0.488. The summed E-state index contributed by atoms with van der Waals surface area (Å²) in [7, 11) is 0. The van der Waals surface area contributed by atoms with Crippen molar-refractivity contribution in [2.75, 3.05) is 0 Å². The SMILES string of the molecule is F[C](F)C(Cl)(Cl)Cl. The fourth-order valence-electron chi connectivity index (χ4n) is 0. The van der Waals surface area contributed by atoms with Crippen LogP contribution in [0.15, 0.2) is 0 Å². The van der Waals surface area contributed by atoms with Crippen LogP contribution in [0.3, 0.4) is 0 Å². The summed E-state index contributed by atoms with van der Waals surface area (Å²) in [4.78, 5) is 0. The largest absolute Gasteiger partial charge is 0.360 e. The molecule has 1 radical (unpaired) electrons. The second-order valence-corrected chi connectivity index (χ2v) is 3.04. The third-order valence-corrected chi connectivity index (χ3v) is 0.643. The van der Waals surface area contributed by atoms with E-state index in [0.717, 1.165) is 0 Å². The zero-order valence-corrected chi connectivity index (χ0v) is 5.16. The Kier molecular flexibility index (Phi) is 2.58. The smallest absolute Gasteiger partial charge is 0.195 e. The first-order chi connectivity index (χ1) is 2.94. The van der Waals surface area contributed by atoms with Crippen LogP contribution in [0.25, 0.3) is 0 Å². The van der Waals surface area contributed by atoms with E-state index in [1.807, 2.05) is 0 Å². The van der Waals surface area contributed by atoms with Crippen LogP contribution in [0.1, 0.15) is 0 Å². The summed E-state index contributed by atoms with van der Waals surface area (Å²) in [5.74, 6) is 0. The van der Waals surface area contributed by atoms with Gasteiger partial charge < -0.3 is 0 Å². The summed E-state index contributed by atoms with van der Waals surface area (Å²) >= 11 is 13.8. The summed E-state index contributed by atoms with van der Waals surface area (Å²) < 4.78 is 19.6. The van der Waals surface area contributed by atoms with Crippen molar-refractivity contribution in [3.63, 3.8) is 0 Å². The van der Waals surface area contributed by atoms with E-state index < -0.39 is 10.2 Å². The summed E-state index contributed by atoms with van der Waals surface area (Å²) in [5, 5.41) is 0. The van der Waals surface area contributed by atoms with Gasteiger partial charge in [0.05, 0.1) is 0 Å². The predicted octanol–water partition coefficient (Wildman–Crippen LogP) is 2.79. The molecule has 0 amide bonds. The van der Waals surface area contributed by atoms with Crippen molar-refractivity contribution in [3.05, 3.63) is 6.43 Å². The van der Waals surface area contributed by atoms with Gasteiger partial charge in [-0.3, -0.25) is 0 Å². The van der Waals surface area contributed by atoms with Crippen molar-refractivity contribution in [3.8, 4) is 0 Å². The highest BCUT2D eigenvalue weighted by molar-refractivity contribution is 6.68. The van der Waals surface area contributed by atoms with Gasteiger partial charge in [0, 0.05) is 0 Å². The lowest BCUT2D eigenvalue weighted by Gasteiger charge is -2.03. The average Bonchev–Trinajstić information content (AvgIpc) is 1.31. The molecule has 0 saturated carbocycles. The third-order valence-electron chi connectivity index (χ3n) is 0.214. The fraction of sp³-hybridized carbons (Fsp3) is 0.500. The molecule has 0 aromatic carbocycles. The maximum absolute atomic E-state index is 11.1. The molecule has 0 atom stereocenters. The van der Waals surface area contributed by atoms with E-state index in [1.54, 1.807) is 0 Å². The Balaban J connectivity index is 3.54. The van der Waals surface area contributed by atoms with Gasteiger partial charge in [-0.2, -0.15) is 8.78 Å². The minimum Gasteiger partial charge on any atom is -0.195 e. The molecule has 0 aliphatic heterocycles. The first-order valence-electron chi connectivity index (χ1n) is 1.19. The molecule has 0 saturated heterocycles. The Hall–Kier alpha value is 0.730. The standard InChI is InChI=1S/C2Cl3F2/c3-2(4,5)1(6)7. The summed E-state index contributed by atoms with van der Waals surface area (Å²) in [5.41, 5.74) is 0.